The van der Waals surface area contributed by atoms with Crippen LogP contribution in [0.3, 0.4) is 0 Å². The lowest BCUT2D eigenvalue weighted by atomic mass is 9.92. The number of hydrogen-bond acceptors (Lipinski definition) is 3. The minimum absolute atomic E-state index is 0.688. The van der Waals surface area contributed by atoms with Crippen molar-refractivity contribution in [3.63, 3.8) is 0 Å². The smallest absolute Gasteiger partial charge is 0.160 e. The van der Waals surface area contributed by atoms with Crippen molar-refractivity contribution >= 4 is 10.8 Å². The Hall–Kier alpha value is -6.97. The zero-order chi connectivity index (χ0) is 35.6. The number of benzene rings is 7. The number of pyridine rings is 1. The Kier molecular flexibility index (Phi) is 8.43. The highest BCUT2D eigenvalue weighted by Crippen LogP contribution is 2.37. The average molecular weight is 678 g/mol. The molecule has 0 aliphatic heterocycles. The summed E-state index contributed by atoms with van der Waals surface area (Å²) in [4.78, 5) is 14.9. The van der Waals surface area contributed by atoms with Crippen LogP contribution in [0.4, 0.5) is 0 Å². The van der Waals surface area contributed by atoms with Crippen LogP contribution in [0.2, 0.25) is 0 Å². The first-order valence-electron chi connectivity index (χ1n) is 17.9. The third-order valence-electron chi connectivity index (χ3n) is 9.82. The minimum atomic E-state index is 0.688. The largest absolute Gasteiger partial charge is 0.261 e. The van der Waals surface area contributed by atoms with E-state index in [9.17, 15) is 0 Å². The van der Waals surface area contributed by atoms with E-state index in [0.29, 0.717) is 5.82 Å². The zero-order valence-corrected chi connectivity index (χ0v) is 29.3. The van der Waals surface area contributed by atoms with Crippen LogP contribution >= 0.6 is 0 Å². The molecular weight excluding hydrogens is 643 g/mol. The molecule has 0 bridgehead atoms. The normalized spacial score (nSPS) is 11.1. The molecule has 3 heteroatoms. The van der Waals surface area contributed by atoms with Gasteiger partial charge in [0.05, 0.1) is 11.4 Å². The Morgan fingerprint density at radius 3 is 1.53 bits per heavy atom. The van der Waals surface area contributed by atoms with Crippen molar-refractivity contribution in [2.24, 2.45) is 0 Å². The lowest BCUT2D eigenvalue weighted by molar-refractivity contribution is 1.18. The molecule has 0 aliphatic rings. The van der Waals surface area contributed by atoms with E-state index < -0.39 is 0 Å². The van der Waals surface area contributed by atoms with Crippen LogP contribution in [0.25, 0.3) is 89.2 Å². The SMILES string of the molecule is Cc1ccc(-c2cccc(-c3ccc(-c4cc(-c5nc(-c6ccccc6)cc(-c6ccccc6)n5)cc(-c5cccc6ccccc56)c4)cc3)c2)cn1. The highest BCUT2D eigenvalue weighted by Gasteiger charge is 2.15. The summed E-state index contributed by atoms with van der Waals surface area (Å²) in [5, 5.41) is 2.42. The molecule has 0 unspecified atom stereocenters. The quantitative estimate of drug-likeness (QED) is 0.169. The third kappa shape index (κ3) is 6.64. The monoisotopic (exact) mass is 677 g/mol. The van der Waals surface area contributed by atoms with E-state index in [-0.39, 0.29) is 0 Å². The molecule has 0 spiro atoms. The molecule has 0 fully saturated rings. The van der Waals surface area contributed by atoms with Crippen molar-refractivity contribution in [1.82, 2.24) is 15.0 Å². The van der Waals surface area contributed by atoms with Crippen molar-refractivity contribution in [2.45, 2.75) is 6.92 Å². The van der Waals surface area contributed by atoms with Gasteiger partial charge < -0.3 is 0 Å². The molecule has 3 nitrogen and oxygen atoms in total. The molecular formula is C50H35N3. The Balaban J connectivity index is 1.18. The molecule has 2 heterocycles. The predicted octanol–water partition coefficient (Wildman–Crippen LogP) is 13.0. The topological polar surface area (TPSA) is 38.7 Å². The fourth-order valence-electron chi connectivity index (χ4n) is 7.02. The van der Waals surface area contributed by atoms with Gasteiger partial charge in [0.1, 0.15) is 0 Å². The lowest BCUT2D eigenvalue weighted by Crippen LogP contribution is -1.97. The van der Waals surface area contributed by atoms with Gasteiger partial charge in [-0.1, -0.05) is 152 Å². The molecule has 9 aromatic rings. The summed E-state index contributed by atoms with van der Waals surface area (Å²) in [5.41, 5.74) is 15.0. The second kappa shape index (κ2) is 14.0. The maximum atomic E-state index is 5.21. The standard InChI is InChI=1S/C50H35N3/c1-34-22-23-42(33-51-34)41-19-10-18-40(28-41)35-24-26-36(27-25-35)43-29-44(47-21-11-17-37-12-8-9-20-46(37)47)31-45(30-43)50-52-48(38-13-4-2-5-14-38)32-49(53-50)39-15-6-3-7-16-39/h2-33H,1H3. The van der Waals surface area contributed by atoms with Crippen molar-refractivity contribution in [3.8, 4) is 78.4 Å². The molecule has 0 N–H and O–H groups in total. The molecule has 53 heavy (non-hydrogen) atoms. The number of hydrogen-bond donors (Lipinski definition) is 0. The van der Waals surface area contributed by atoms with Gasteiger partial charge in [-0.25, -0.2) is 9.97 Å². The highest BCUT2D eigenvalue weighted by molar-refractivity contribution is 5.98. The number of aryl methyl sites for hydroxylation is 1. The summed E-state index contributed by atoms with van der Waals surface area (Å²) in [6, 6.07) is 66.4. The Bertz CT molecular complexity index is 2640. The third-order valence-corrected chi connectivity index (χ3v) is 9.82. The summed E-state index contributed by atoms with van der Waals surface area (Å²) >= 11 is 0. The van der Waals surface area contributed by atoms with E-state index in [2.05, 4.69) is 181 Å². The molecule has 0 radical (unpaired) electrons. The van der Waals surface area contributed by atoms with Gasteiger partial charge in [-0.3, -0.25) is 4.98 Å². The molecule has 0 saturated heterocycles. The fraction of sp³-hybridized carbons (Fsp3) is 0.0200. The summed E-state index contributed by atoms with van der Waals surface area (Å²) in [7, 11) is 0. The molecule has 250 valence electrons. The van der Waals surface area contributed by atoms with E-state index >= 15 is 0 Å². The predicted molar refractivity (Wildman–Crippen MR) is 220 cm³/mol. The number of aromatic nitrogens is 3. The van der Waals surface area contributed by atoms with Gasteiger partial charge in [0.2, 0.25) is 0 Å². The first-order chi connectivity index (χ1) is 26.1. The maximum Gasteiger partial charge on any atom is 0.160 e. The van der Waals surface area contributed by atoms with Gasteiger partial charge in [0.25, 0.3) is 0 Å². The van der Waals surface area contributed by atoms with E-state index in [4.69, 9.17) is 9.97 Å². The second-order valence-electron chi connectivity index (χ2n) is 13.4. The molecule has 2 aromatic heterocycles. The van der Waals surface area contributed by atoms with Crippen LogP contribution in [0.15, 0.2) is 194 Å². The average Bonchev–Trinajstić information content (AvgIpc) is 3.24. The molecule has 7 aromatic carbocycles. The minimum Gasteiger partial charge on any atom is -0.261 e. The first kappa shape index (κ1) is 32.0. The van der Waals surface area contributed by atoms with Crippen molar-refractivity contribution in [3.05, 3.63) is 200 Å². The summed E-state index contributed by atoms with van der Waals surface area (Å²) in [6.45, 7) is 2.01. The summed E-state index contributed by atoms with van der Waals surface area (Å²) in [5.74, 6) is 0.688. The van der Waals surface area contributed by atoms with Crippen molar-refractivity contribution in [1.29, 1.82) is 0 Å². The van der Waals surface area contributed by atoms with Crippen LogP contribution in [0.1, 0.15) is 5.69 Å². The van der Waals surface area contributed by atoms with Gasteiger partial charge in [0.15, 0.2) is 5.82 Å². The first-order valence-corrected chi connectivity index (χ1v) is 17.9. The van der Waals surface area contributed by atoms with E-state index in [1.165, 1.54) is 21.9 Å². The molecule has 0 aliphatic carbocycles. The Morgan fingerprint density at radius 2 is 0.849 bits per heavy atom. The molecule has 0 saturated carbocycles. The highest BCUT2D eigenvalue weighted by atomic mass is 14.9. The van der Waals surface area contributed by atoms with Crippen LogP contribution in [0.5, 0.6) is 0 Å². The fourth-order valence-corrected chi connectivity index (χ4v) is 7.02. The molecule has 9 rings (SSSR count). The summed E-state index contributed by atoms with van der Waals surface area (Å²) in [6.07, 6.45) is 1.94. The lowest BCUT2D eigenvalue weighted by Gasteiger charge is -2.14. The van der Waals surface area contributed by atoms with Crippen molar-refractivity contribution < 1.29 is 0 Å². The van der Waals surface area contributed by atoms with E-state index in [1.54, 1.807) is 0 Å². The van der Waals surface area contributed by atoms with Crippen LogP contribution in [0, 0.1) is 6.92 Å². The van der Waals surface area contributed by atoms with Gasteiger partial charge in [-0.2, -0.15) is 0 Å². The van der Waals surface area contributed by atoms with Crippen LogP contribution in [-0.2, 0) is 0 Å². The Morgan fingerprint density at radius 1 is 0.340 bits per heavy atom. The van der Waals surface area contributed by atoms with E-state index in [0.717, 1.165) is 67.2 Å². The van der Waals surface area contributed by atoms with Crippen LogP contribution in [-0.4, -0.2) is 15.0 Å². The van der Waals surface area contributed by atoms with Crippen molar-refractivity contribution in [2.75, 3.05) is 0 Å². The second-order valence-corrected chi connectivity index (χ2v) is 13.4. The maximum absolute atomic E-state index is 5.21. The van der Waals surface area contributed by atoms with Gasteiger partial charge in [-0.05, 0) is 93.0 Å². The number of fused-ring (bicyclic) bond motifs is 1. The van der Waals surface area contributed by atoms with Crippen LogP contribution < -0.4 is 0 Å². The van der Waals surface area contributed by atoms with Gasteiger partial charge >= 0.3 is 0 Å². The van der Waals surface area contributed by atoms with E-state index in [1.807, 2.05) is 25.3 Å². The number of nitrogens with zero attached hydrogens (tertiary/aromatic N) is 3. The number of rotatable bonds is 7. The Labute approximate surface area is 310 Å². The molecule has 0 atom stereocenters. The molecule has 0 amide bonds. The van der Waals surface area contributed by atoms with Gasteiger partial charge in [-0.15, -0.1) is 0 Å². The summed E-state index contributed by atoms with van der Waals surface area (Å²) < 4.78 is 0. The van der Waals surface area contributed by atoms with Gasteiger partial charge in [0, 0.05) is 34.1 Å². The zero-order valence-electron chi connectivity index (χ0n) is 29.3.